The predicted octanol–water partition coefficient (Wildman–Crippen LogP) is 3.97. The predicted molar refractivity (Wildman–Crippen MR) is 101 cm³/mol. The Morgan fingerprint density at radius 1 is 0.963 bits per heavy atom. The fraction of sp³-hybridized carbons (Fsp3) is 0.476. The minimum Gasteiger partial charge on any atom is -0.403 e. The lowest BCUT2D eigenvalue weighted by Gasteiger charge is -2.56. The van der Waals surface area contributed by atoms with Crippen LogP contribution in [-0.4, -0.2) is 20.0 Å². The molecule has 0 amide bonds. The zero-order valence-corrected chi connectivity index (χ0v) is 15.2. The second kappa shape index (κ2) is 5.44. The molecule has 0 spiro atoms. The molecule has 1 aromatic carbocycles. The number of anilines is 1. The maximum absolute atomic E-state index is 5.72. The minimum atomic E-state index is 0.105. The Morgan fingerprint density at radius 2 is 1.63 bits per heavy atom. The van der Waals surface area contributed by atoms with Gasteiger partial charge in [0.25, 0.3) is 5.89 Å². The Kier molecular flexibility index (Phi) is 3.11. The average Bonchev–Trinajstić information content (AvgIpc) is 3.28. The zero-order valence-electron chi connectivity index (χ0n) is 15.2. The van der Waals surface area contributed by atoms with Crippen LogP contribution >= 0.6 is 0 Å². The maximum Gasteiger partial charge on any atom is 0.313 e. The van der Waals surface area contributed by atoms with Gasteiger partial charge in [0, 0.05) is 11.6 Å². The molecule has 0 saturated heterocycles. The maximum atomic E-state index is 5.72. The van der Waals surface area contributed by atoms with Gasteiger partial charge in [0.2, 0.25) is 0 Å². The number of nitrogen functional groups attached to an aromatic ring is 1. The molecule has 3 aromatic rings. The number of para-hydroxylation sites is 1. The van der Waals surface area contributed by atoms with E-state index in [1.54, 1.807) is 0 Å². The SMILES string of the molecule is Nc1nnc(-c2cn(-c3ccccc3)nc2C23CC4CC(CC(C4)C2)C3)o1. The van der Waals surface area contributed by atoms with Gasteiger partial charge in [-0.3, -0.25) is 0 Å². The van der Waals surface area contributed by atoms with E-state index < -0.39 is 0 Å². The van der Waals surface area contributed by atoms with Gasteiger partial charge in [-0.15, -0.1) is 5.10 Å². The summed E-state index contributed by atoms with van der Waals surface area (Å²) in [6.07, 6.45) is 9.96. The van der Waals surface area contributed by atoms with Gasteiger partial charge in [-0.2, -0.15) is 5.10 Å². The molecule has 7 rings (SSSR count). The first-order valence-electron chi connectivity index (χ1n) is 9.93. The van der Waals surface area contributed by atoms with Crippen molar-refractivity contribution in [3.8, 4) is 17.1 Å². The summed E-state index contributed by atoms with van der Waals surface area (Å²) in [7, 11) is 0. The highest BCUT2D eigenvalue weighted by atomic mass is 16.4. The van der Waals surface area contributed by atoms with Gasteiger partial charge in [-0.25, -0.2) is 4.68 Å². The summed E-state index contributed by atoms with van der Waals surface area (Å²) in [5, 5.41) is 13.2. The molecule has 27 heavy (non-hydrogen) atoms. The smallest absolute Gasteiger partial charge is 0.313 e. The average molecular weight is 361 g/mol. The third kappa shape index (κ3) is 2.35. The van der Waals surface area contributed by atoms with E-state index in [0.29, 0.717) is 5.89 Å². The molecular weight excluding hydrogens is 338 g/mol. The lowest BCUT2D eigenvalue weighted by molar-refractivity contribution is -0.00714. The topological polar surface area (TPSA) is 82.8 Å². The van der Waals surface area contributed by atoms with Crippen molar-refractivity contribution in [1.29, 1.82) is 0 Å². The highest BCUT2D eigenvalue weighted by molar-refractivity contribution is 5.59. The molecule has 138 valence electrons. The number of hydrogen-bond donors (Lipinski definition) is 1. The highest BCUT2D eigenvalue weighted by Crippen LogP contribution is 2.61. The third-order valence-electron chi connectivity index (χ3n) is 6.95. The lowest BCUT2D eigenvalue weighted by Crippen LogP contribution is -2.49. The van der Waals surface area contributed by atoms with E-state index >= 15 is 0 Å². The molecule has 0 unspecified atom stereocenters. The molecule has 6 heteroatoms. The van der Waals surface area contributed by atoms with Crippen LogP contribution in [0.15, 0.2) is 40.9 Å². The minimum absolute atomic E-state index is 0.105. The van der Waals surface area contributed by atoms with E-state index in [1.165, 1.54) is 38.5 Å². The van der Waals surface area contributed by atoms with E-state index in [0.717, 1.165) is 34.7 Å². The molecule has 4 aliphatic carbocycles. The molecule has 4 bridgehead atoms. The summed E-state index contributed by atoms with van der Waals surface area (Å²) in [6, 6.07) is 10.3. The van der Waals surface area contributed by atoms with Crippen LogP contribution in [-0.2, 0) is 5.41 Å². The van der Waals surface area contributed by atoms with E-state index in [9.17, 15) is 0 Å². The summed E-state index contributed by atoms with van der Waals surface area (Å²) in [6.45, 7) is 0. The van der Waals surface area contributed by atoms with Crippen molar-refractivity contribution in [2.45, 2.75) is 43.9 Å². The van der Waals surface area contributed by atoms with Crippen LogP contribution in [0.25, 0.3) is 17.1 Å². The van der Waals surface area contributed by atoms with Crippen LogP contribution in [0, 0.1) is 17.8 Å². The molecular formula is C21H23N5O. The van der Waals surface area contributed by atoms with E-state index in [-0.39, 0.29) is 11.4 Å². The van der Waals surface area contributed by atoms with Gasteiger partial charge in [0.1, 0.15) is 0 Å². The summed E-state index contributed by atoms with van der Waals surface area (Å²) >= 11 is 0. The number of nitrogens with two attached hydrogens (primary N) is 1. The van der Waals surface area contributed by atoms with Crippen molar-refractivity contribution in [2.75, 3.05) is 5.73 Å². The largest absolute Gasteiger partial charge is 0.403 e. The van der Waals surface area contributed by atoms with Gasteiger partial charge < -0.3 is 10.2 Å². The van der Waals surface area contributed by atoms with Crippen molar-refractivity contribution in [3.05, 3.63) is 42.2 Å². The Hall–Kier alpha value is -2.63. The van der Waals surface area contributed by atoms with E-state index in [1.807, 2.05) is 29.1 Å². The van der Waals surface area contributed by atoms with Crippen molar-refractivity contribution in [2.24, 2.45) is 17.8 Å². The molecule has 2 heterocycles. The molecule has 4 aliphatic rings. The van der Waals surface area contributed by atoms with Crippen LogP contribution in [0.4, 0.5) is 6.01 Å². The van der Waals surface area contributed by atoms with Crippen molar-refractivity contribution in [3.63, 3.8) is 0 Å². The number of hydrogen-bond acceptors (Lipinski definition) is 5. The molecule has 0 aliphatic heterocycles. The number of nitrogens with zero attached hydrogens (tertiary/aromatic N) is 4. The normalized spacial score (nSPS) is 31.5. The van der Waals surface area contributed by atoms with Gasteiger partial charge in [-0.05, 0) is 68.4 Å². The van der Waals surface area contributed by atoms with Crippen LogP contribution in [0.5, 0.6) is 0 Å². The first kappa shape index (κ1) is 15.4. The fourth-order valence-electron chi connectivity index (χ4n) is 6.38. The first-order valence-corrected chi connectivity index (χ1v) is 9.93. The van der Waals surface area contributed by atoms with E-state index in [2.05, 4.69) is 22.3 Å². The Balaban J connectivity index is 1.52. The van der Waals surface area contributed by atoms with E-state index in [4.69, 9.17) is 15.2 Å². The van der Waals surface area contributed by atoms with Gasteiger partial charge in [0.15, 0.2) is 0 Å². The van der Waals surface area contributed by atoms with Gasteiger partial charge in [0.05, 0.1) is 16.9 Å². The fourth-order valence-corrected chi connectivity index (χ4v) is 6.38. The van der Waals surface area contributed by atoms with Crippen LogP contribution in [0.3, 0.4) is 0 Å². The van der Waals surface area contributed by atoms with Gasteiger partial charge >= 0.3 is 6.01 Å². The van der Waals surface area contributed by atoms with Crippen LogP contribution in [0.2, 0.25) is 0 Å². The van der Waals surface area contributed by atoms with Crippen LogP contribution in [0.1, 0.15) is 44.2 Å². The summed E-state index contributed by atoms with van der Waals surface area (Å²) in [5.74, 6) is 3.02. The number of rotatable bonds is 3. The quantitative estimate of drug-likeness (QED) is 0.763. The monoisotopic (exact) mass is 361 g/mol. The molecule has 0 radical (unpaired) electrons. The van der Waals surface area contributed by atoms with Crippen molar-refractivity contribution < 1.29 is 4.42 Å². The second-order valence-electron chi connectivity index (χ2n) is 8.81. The first-order chi connectivity index (χ1) is 13.2. The van der Waals surface area contributed by atoms with Crippen molar-refractivity contribution >= 4 is 6.01 Å². The Bertz CT molecular complexity index is 954. The highest BCUT2D eigenvalue weighted by Gasteiger charge is 2.53. The van der Waals surface area contributed by atoms with Crippen LogP contribution < -0.4 is 5.73 Å². The third-order valence-corrected chi connectivity index (χ3v) is 6.95. The number of benzene rings is 1. The zero-order chi connectivity index (χ0) is 18.0. The molecule has 2 aromatic heterocycles. The standard InChI is InChI=1S/C21H23N5O/c22-20-24-23-19(27-20)17-12-26(16-4-2-1-3-5-16)25-18(17)21-9-13-6-14(10-21)8-15(7-13)11-21/h1-5,12-15H,6-11H2,(H2,22,24). The Morgan fingerprint density at radius 3 is 2.22 bits per heavy atom. The van der Waals surface area contributed by atoms with Crippen molar-refractivity contribution in [1.82, 2.24) is 20.0 Å². The molecule has 6 nitrogen and oxygen atoms in total. The summed E-state index contributed by atoms with van der Waals surface area (Å²) in [5.41, 5.74) is 9.00. The second-order valence-corrected chi connectivity index (χ2v) is 8.81. The summed E-state index contributed by atoms with van der Waals surface area (Å²) < 4.78 is 7.59. The molecule has 0 atom stereocenters. The van der Waals surface area contributed by atoms with Gasteiger partial charge in [-0.1, -0.05) is 23.3 Å². The molecule has 4 saturated carbocycles. The molecule has 4 fully saturated rings. The molecule has 2 N–H and O–H groups in total. The Labute approximate surface area is 157 Å². The number of aromatic nitrogens is 4. The lowest BCUT2D eigenvalue weighted by atomic mass is 9.48. The summed E-state index contributed by atoms with van der Waals surface area (Å²) in [4.78, 5) is 0.